The zero-order valence-corrected chi connectivity index (χ0v) is 10.7. The highest BCUT2D eigenvalue weighted by atomic mass is 16.4. The molecular formula is C13H14N4O2. The lowest BCUT2D eigenvalue weighted by Gasteiger charge is -2.15. The van der Waals surface area contributed by atoms with E-state index >= 15 is 0 Å². The minimum absolute atomic E-state index is 0.00664. The molecule has 1 aromatic heterocycles. The fraction of sp³-hybridized carbons (Fsp3) is 0.308. The maximum atomic E-state index is 11.9. The molecule has 0 unspecified atom stereocenters. The van der Waals surface area contributed by atoms with E-state index in [0.29, 0.717) is 11.8 Å². The number of anilines is 1. The number of amides is 1. The van der Waals surface area contributed by atoms with E-state index in [1.807, 2.05) is 32.0 Å². The number of fused-ring (bicyclic) bond motifs is 1. The quantitative estimate of drug-likeness (QED) is 0.849. The first-order chi connectivity index (χ1) is 9.02. The molecule has 1 aromatic carbocycles. The zero-order valence-electron chi connectivity index (χ0n) is 10.7. The average molecular weight is 258 g/mol. The molecule has 2 heterocycles. The van der Waals surface area contributed by atoms with Crippen LogP contribution < -0.4 is 11.1 Å². The minimum atomic E-state index is -0.554. The van der Waals surface area contributed by atoms with Gasteiger partial charge in [-0.2, -0.15) is 0 Å². The van der Waals surface area contributed by atoms with Crippen LogP contribution in [-0.2, 0) is 16.8 Å². The summed E-state index contributed by atoms with van der Waals surface area (Å²) in [5.41, 5.74) is 7.44. The van der Waals surface area contributed by atoms with Crippen LogP contribution in [0.3, 0.4) is 0 Å². The van der Waals surface area contributed by atoms with Gasteiger partial charge in [-0.25, -0.2) is 0 Å². The van der Waals surface area contributed by atoms with E-state index in [1.165, 1.54) is 0 Å². The van der Waals surface area contributed by atoms with Gasteiger partial charge in [0.15, 0.2) is 0 Å². The second-order valence-electron chi connectivity index (χ2n) is 5.04. The number of hydrogen-bond acceptors (Lipinski definition) is 5. The van der Waals surface area contributed by atoms with Gasteiger partial charge in [-0.15, -0.1) is 10.2 Å². The smallest absolute Gasteiger partial charge is 0.247 e. The SMILES string of the molecule is CC1(C)C(=O)Nc2ccc(-c3nnc(CN)o3)cc21. The Hall–Kier alpha value is -2.21. The van der Waals surface area contributed by atoms with Gasteiger partial charge >= 0.3 is 0 Å². The van der Waals surface area contributed by atoms with Crippen molar-refractivity contribution >= 4 is 11.6 Å². The van der Waals surface area contributed by atoms with Crippen LogP contribution in [0.2, 0.25) is 0 Å². The molecule has 6 nitrogen and oxygen atoms in total. The number of hydrogen-bond donors (Lipinski definition) is 2. The van der Waals surface area contributed by atoms with Gasteiger partial charge in [-0.1, -0.05) is 0 Å². The lowest BCUT2D eigenvalue weighted by molar-refractivity contribution is -0.119. The molecule has 1 amide bonds. The number of nitrogens with one attached hydrogen (secondary N) is 1. The van der Waals surface area contributed by atoms with Crippen LogP contribution >= 0.6 is 0 Å². The van der Waals surface area contributed by atoms with Crippen LogP contribution in [0.4, 0.5) is 5.69 Å². The van der Waals surface area contributed by atoms with E-state index < -0.39 is 5.41 Å². The van der Waals surface area contributed by atoms with E-state index in [2.05, 4.69) is 15.5 Å². The molecule has 3 N–H and O–H groups in total. The van der Waals surface area contributed by atoms with Crippen molar-refractivity contribution in [1.82, 2.24) is 10.2 Å². The number of nitrogens with zero attached hydrogens (tertiary/aromatic N) is 2. The summed E-state index contributed by atoms with van der Waals surface area (Å²) in [4.78, 5) is 11.9. The Morgan fingerprint density at radius 2 is 2.16 bits per heavy atom. The van der Waals surface area contributed by atoms with Crippen LogP contribution in [0.15, 0.2) is 22.6 Å². The molecule has 3 rings (SSSR count). The first-order valence-corrected chi connectivity index (χ1v) is 6.01. The third-order valence-electron chi connectivity index (χ3n) is 3.40. The van der Waals surface area contributed by atoms with E-state index in [1.54, 1.807) is 0 Å². The molecular weight excluding hydrogens is 244 g/mol. The average Bonchev–Trinajstić information content (AvgIpc) is 2.94. The Morgan fingerprint density at radius 1 is 1.37 bits per heavy atom. The summed E-state index contributed by atoms with van der Waals surface area (Å²) in [7, 11) is 0. The van der Waals surface area contributed by atoms with Crippen LogP contribution in [0.5, 0.6) is 0 Å². The third-order valence-corrected chi connectivity index (χ3v) is 3.40. The zero-order chi connectivity index (χ0) is 13.6. The molecule has 0 radical (unpaired) electrons. The maximum Gasteiger partial charge on any atom is 0.247 e. The molecule has 0 aliphatic carbocycles. The fourth-order valence-electron chi connectivity index (χ4n) is 2.16. The van der Waals surface area contributed by atoms with Crippen LogP contribution in [0, 0.1) is 0 Å². The van der Waals surface area contributed by atoms with Crippen molar-refractivity contribution in [2.45, 2.75) is 25.8 Å². The summed E-state index contributed by atoms with van der Waals surface area (Å²) in [5, 5.41) is 10.6. The molecule has 19 heavy (non-hydrogen) atoms. The van der Waals surface area contributed by atoms with Gasteiger partial charge in [0.2, 0.25) is 17.7 Å². The molecule has 6 heteroatoms. The molecule has 98 valence electrons. The molecule has 2 aromatic rings. The van der Waals surface area contributed by atoms with Crippen LogP contribution in [0.25, 0.3) is 11.5 Å². The highest BCUT2D eigenvalue weighted by Crippen LogP contribution is 2.39. The van der Waals surface area contributed by atoms with Crippen molar-refractivity contribution in [1.29, 1.82) is 0 Å². The normalized spacial score (nSPS) is 16.3. The molecule has 1 aliphatic heterocycles. The first kappa shape index (κ1) is 11.9. The molecule has 0 bridgehead atoms. The fourth-order valence-corrected chi connectivity index (χ4v) is 2.16. The predicted molar refractivity (Wildman–Crippen MR) is 69.3 cm³/mol. The maximum absolute atomic E-state index is 11.9. The summed E-state index contributed by atoms with van der Waals surface area (Å²) in [6, 6.07) is 5.60. The van der Waals surface area contributed by atoms with Gasteiger partial charge in [-0.05, 0) is 37.6 Å². The first-order valence-electron chi connectivity index (χ1n) is 6.01. The summed E-state index contributed by atoms with van der Waals surface area (Å²) < 4.78 is 5.42. The minimum Gasteiger partial charge on any atom is -0.419 e. The van der Waals surface area contributed by atoms with Gasteiger partial charge in [0.1, 0.15) is 0 Å². The largest absolute Gasteiger partial charge is 0.419 e. The van der Waals surface area contributed by atoms with Gasteiger partial charge in [0.05, 0.1) is 12.0 Å². The van der Waals surface area contributed by atoms with Gasteiger partial charge in [0, 0.05) is 11.3 Å². The summed E-state index contributed by atoms with van der Waals surface area (Å²) in [5.74, 6) is 0.801. The van der Waals surface area contributed by atoms with E-state index in [-0.39, 0.29) is 12.5 Å². The standard InChI is InChI=1S/C13H14N4O2/c1-13(2)8-5-7(3-4-9(8)15-12(13)18)11-17-16-10(6-14)19-11/h3-5H,6,14H2,1-2H3,(H,15,18). The van der Waals surface area contributed by atoms with Crippen molar-refractivity contribution in [3.05, 3.63) is 29.7 Å². The van der Waals surface area contributed by atoms with Crippen molar-refractivity contribution in [2.24, 2.45) is 5.73 Å². The topological polar surface area (TPSA) is 94.0 Å². The molecule has 1 aliphatic rings. The van der Waals surface area contributed by atoms with E-state index in [0.717, 1.165) is 16.8 Å². The van der Waals surface area contributed by atoms with Gasteiger partial charge < -0.3 is 15.5 Å². The Morgan fingerprint density at radius 3 is 2.84 bits per heavy atom. The lowest BCUT2D eigenvalue weighted by Crippen LogP contribution is -2.26. The second kappa shape index (κ2) is 3.89. The Kier molecular flexibility index (Phi) is 2.43. The van der Waals surface area contributed by atoms with Crippen molar-refractivity contribution in [2.75, 3.05) is 5.32 Å². The molecule has 0 saturated heterocycles. The Balaban J connectivity index is 2.07. The van der Waals surface area contributed by atoms with Crippen LogP contribution in [-0.4, -0.2) is 16.1 Å². The predicted octanol–water partition coefficient (Wildman–Crippen LogP) is 1.42. The number of benzene rings is 1. The summed E-state index contributed by atoms with van der Waals surface area (Å²) in [6.07, 6.45) is 0. The highest BCUT2D eigenvalue weighted by molar-refractivity contribution is 6.06. The monoisotopic (exact) mass is 258 g/mol. The molecule has 0 spiro atoms. The van der Waals surface area contributed by atoms with Gasteiger partial charge in [0.25, 0.3) is 0 Å². The lowest BCUT2D eigenvalue weighted by atomic mass is 9.85. The molecule has 0 saturated carbocycles. The molecule has 0 fully saturated rings. The summed E-state index contributed by atoms with van der Waals surface area (Å²) >= 11 is 0. The Labute approximate surface area is 110 Å². The van der Waals surface area contributed by atoms with Crippen molar-refractivity contribution in [3.63, 3.8) is 0 Å². The second-order valence-corrected chi connectivity index (χ2v) is 5.04. The third kappa shape index (κ3) is 1.72. The number of carbonyl (C=O) groups excluding carboxylic acids is 1. The van der Waals surface area contributed by atoms with Gasteiger partial charge in [-0.3, -0.25) is 4.79 Å². The Bertz CT molecular complexity index is 660. The van der Waals surface area contributed by atoms with E-state index in [4.69, 9.17) is 10.2 Å². The van der Waals surface area contributed by atoms with Crippen molar-refractivity contribution < 1.29 is 9.21 Å². The number of nitrogens with two attached hydrogens (primary N) is 1. The van der Waals surface area contributed by atoms with E-state index in [9.17, 15) is 4.79 Å². The number of rotatable bonds is 2. The number of carbonyl (C=O) groups is 1. The molecule has 0 atom stereocenters. The number of aromatic nitrogens is 2. The van der Waals surface area contributed by atoms with Crippen LogP contribution in [0.1, 0.15) is 25.3 Å². The van der Waals surface area contributed by atoms with Crippen molar-refractivity contribution in [3.8, 4) is 11.5 Å². The highest BCUT2D eigenvalue weighted by Gasteiger charge is 2.38. The summed E-state index contributed by atoms with van der Waals surface area (Å²) in [6.45, 7) is 3.98.